The molecule has 1 unspecified atom stereocenters. The highest BCUT2D eigenvalue weighted by Gasteiger charge is 2.36. The second-order valence-corrected chi connectivity index (χ2v) is 8.65. The van der Waals surface area contributed by atoms with E-state index in [2.05, 4.69) is 9.72 Å². The number of hydrogen-bond acceptors (Lipinski definition) is 10. The monoisotopic (exact) mass is 430 g/mol. The first-order chi connectivity index (χ1) is 13.2. The van der Waals surface area contributed by atoms with Crippen molar-refractivity contribution in [1.29, 1.82) is 0 Å². The number of ketones is 1. The molecule has 10 nitrogen and oxygen atoms in total. The normalized spacial score (nSPS) is 12.7. The summed E-state index contributed by atoms with van der Waals surface area (Å²) < 4.78 is 19.9. The molecule has 0 bridgehead atoms. The molecule has 0 fully saturated rings. The van der Waals surface area contributed by atoms with Crippen LogP contribution in [0.5, 0.6) is 0 Å². The molecular formula is C18H26N2O8S. The molecule has 0 saturated heterocycles. The molecule has 2 amide bonds. The van der Waals surface area contributed by atoms with Gasteiger partial charge in [0.1, 0.15) is 16.9 Å². The Bertz CT molecular complexity index is 748. The number of hydrogen-bond donors (Lipinski definition) is 0. The summed E-state index contributed by atoms with van der Waals surface area (Å²) in [5, 5.41) is 1.13. The second kappa shape index (κ2) is 9.31. The average molecular weight is 430 g/mol. The average Bonchev–Trinajstić information content (AvgIpc) is 3.01. The van der Waals surface area contributed by atoms with E-state index in [1.54, 1.807) is 41.5 Å². The Hall–Kier alpha value is -2.53. The lowest BCUT2D eigenvalue weighted by Gasteiger charge is -2.27. The zero-order chi connectivity index (χ0) is 22.6. The van der Waals surface area contributed by atoms with Crippen molar-refractivity contribution in [2.75, 3.05) is 19.1 Å². The van der Waals surface area contributed by atoms with Gasteiger partial charge in [-0.25, -0.2) is 19.4 Å². The van der Waals surface area contributed by atoms with Gasteiger partial charge in [-0.1, -0.05) is 0 Å². The van der Waals surface area contributed by atoms with Gasteiger partial charge >= 0.3 is 18.2 Å². The van der Waals surface area contributed by atoms with E-state index in [-0.39, 0.29) is 10.8 Å². The van der Waals surface area contributed by atoms with Crippen molar-refractivity contribution in [3.05, 3.63) is 11.1 Å². The molecule has 0 N–H and O–H groups in total. The first kappa shape index (κ1) is 24.5. The number of Topliss-reactive ketones (excluding diaryl/α,β-unsaturated/α-hetero) is 1. The number of aromatic nitrogens is 1. The quantitative estimate of drug-likeness (QED) is 0.300. The number of methoxy groups -OCH3 is 2. The summed E-state index contributed by atoms with van der Waals surface area (Å²) in [5.74, 6) is -1.68. The largest absolute Gasteiger partial charge is 0.467 e. The minimum absolute atomic E-state index is 0.156. The third-order valence-electron chi connectivity index (χ3n) is 2.98. The van der Waals surface area contributed by atoms with Crippen LogP contribution in [-0.2, 0) is 23.7 Å². The van der Waals surface area contributed by atoms with Gasteiger partial charge in [-0.3, -0.25) is 4.79 Å². The zero-order valence-electron chi connectivity index (χ0n) is 17.7. The summed E-state index contributed by atoms with van der Waals surface area (Å²) >= 11 is 0.826. The minimum Gasteiger partial charge on any atom is -0.467 e. The fraction of sp³-hybridized carbons (Fsp3) is 0.611. The van der Waals surface area contributed by atoms with Crippen molar-refractivity contribution < 1.29 is 38.1 Å². The molecule has 29 heavy (non-hydrogen) atoms. The van der Waals surface area contributed by atoms with Crippen molar-refractivity contribution in [2.24, 2.45) is 0 Å². The number of nitrogens with zero attached hydrogens (tertiary/aromatic N) is 2. The lowest BCUT2D eigenvalue weighted by molar-refractivity contribution is -0.149. The van der Waals surface area contributed by atoms with Crippen LogP contribution in [0.2, 0.25) is 0 Å². The topological polar surface area (TPSA) is 121 Å². The van der Waals surface area contributed by atoms with E-state index >= 15 is 0 Å². The Labute approximate surface area is 173 Å². The van der Waals surface area contributed by atoms with E-state index in [0.717, 1.165) is 18.4 Å². The van der Waals surface area contributed by atoms with Crippen molar-refractivity contribution in [1.82, 2.24) is 4.98 Å². The molecule has 0 saturated carbocycles. The standard InChI is InChI=1S/C18H26N2O8S/c1-17(2,3)27-15(23)20(16(24)28-18(4,5)6)14-19-10(9-29-14)11(21)12(25-7)13(22)26-8/h9,12H,1-8H3. The highest BCUT2D eigenvalue weighted by Crippen LogP contribution is 2.26. The highest BCUT2D eigenvalue weighted by atomic mass is 32.1. The molecule has 1 aromatic heterocycles. The predicted octanol–water partition coefficient (Wildman–Crippen LogP) is 3.19. The molecule has 1 heterocycles. The fourth-order valence-corrected chi connectivity index (χ4v) is 2.67. The van der Waals surface area contributed by atoms with Crippen LogP contribution in [0.25, 0.3) is 0 Å². The van der Waals surface area contributed by atoms with Gasteiger partial charge in [-0.2, -0.15) is 4.90 Å². The van der Waals surface area contributed by atoms with Crippen LogP contribution < -0.4 is 4.90 Å². The molecule has 162 valence electrons. The van der Waals surface area contributed by atoms with Crippen LogP contribution in [0.15, 0.2) is 5.38 Å². The van der Waals surface area contributed by atoms with Gasteiger partial charge in [-0.15, -0.1) is 11.3 Å². The summed E-state index contributed by atoms with van der Waals surface area (Å²) in [7, 11) is 2.28. The molecule has 0 aromatic carbocycles. The molecule has 0 spiro atoms. The zero-order valence-corrected chi connectivity index (χ0v) is 18.5. The van der Waals surface area contributed by atoms with Crippen LogP contribution in [0.3, 0.4) is 0 Å². The summed E-state index contributed by atoms with van der Waals surface area (Å²) in [6.45, 7) is 9.80. The maximum absolute atomic E-state index is 12.6. The van der Waals surface area contributed by atoms with E-state index in [4.69, 9.17) is 14.2 Å². The number of carbonyl (C=O) groups excluding carboxylic acids is 4. The van der Waals surface area contributed by atoms with Gasteiger partial charge in [0.2, 0.25) is 17.0 Å². The van der Waals surface area contributed by atoms with Gasteiger partial charge in [0, 0.05) is 12.5 Å². The molecule has 0 radical (unpaired) electrons. The van der Waals surface area contributed by atoms with Gasteiger partial charge in [0.25, 0.3) is 0 Å². The number of esters is 1. The SMILES string of the molecule is COC(=O)C(OC)C(=O)c1csc(N(C(=O)OC(C)(C)C)C(=O)OC(C)(C)C)n1. The molecule has 1 rings (SSSR count). The lowest BCUT2D eigenvalue weighted by atomic mass is 10.2. The minimum atomic E-state index is -1.52. The number of imide groups is 1. The molecule has 0 aliphatic carbocycles. The molecule has 1 atom stereocenters. The molecule has 0 aliphatic rings. The van der Waals surface area contributed by atoms with Crippen molar-refractivity contribution in [2.45, 2.75) is 58.8 Å². The summed E-state index contributed by atoms with van der Waals surface area (Å²) in [6, 6.07) is 0. The van der Waals surface area contributed by atoms with Gasteiger partial charge in [0.05, 0.1) is 7.11 Å². The maximum atomic E-state index is 12.6. The number of ether oxygens (including phenoxy) is 4. The third-order valence-corrected chi connectivity index (χ3v) is 3.80. The van der Waals surface area contributed by atoms with Crippen LogP contribution in [-0.4, -0.2) is 60.4 Å². The first-order valence-electron chi connectivity index (χ1n) is 8.56. The van der Waals surface area contributed by atoms with E-state index in [0.29, 0.717) is 4.90 Å². The number of anilines is 1. The second-order valence-electron chi connectivity index (χ2n) is 7.81. The van der Waals surface area contributed by atoms with Crippen LogP contribution >= 0.6 is 11.3 Å². The fourth-order valence-electron chi connectivity index (χ4n) is 1.88. The predicted molar refractivity (Wildman–Crippen MR) is 104 cm³/mol. The van der Waals surface area contributed by atoms with E-state index < -0.39 is 41.2 Å². The maximum Gasteiger partial charge on any atom is 0.426 e. The van der Waals surface area contributed by atoms with Crippen molar-refractivity contribution in [3.8, 4) is 0 Å². The lowest BCUT2D eigenvalue weighted by Crippen LogP contribution is -2.43. The number of carbonyl (C=O) groups is 4. The molecule has 11 heteroatoms. The Balaban J connectivity index is 3.27. The van der Waals surface area contributed by atoms with Crippen LogP contribution in [0.4, 0.5) is 14.7 Å². The Morgan fingerprint density at radius 3 is 1.83 bits per heavy atom. The Morgan fingerprint density at radius 1 is 0.966 bits per heavy atom. The number of amides is 2. The van der Waals surface area contributed by atoms with Crippen LogP contribution in [0, 0.1) is 0 Å². The molecular weight excluding hydrogens is 404 g/mol. The van der Waals surface area contributed by atoms with E-state index in [1.165, 1.54) is 12.5 Å². The summed E-state index contributed by atoms with van der Waals surface area (Å²) in [4.78, 5) is 53.9. The van der Waals surface area contributed by atoms with Crippen LogP contribution in [0.1, 0.15) is 52.0 Å². The summed E-state index contributed by atoms with van der Waals surface area (Å²) in [5.41, 5.74) is -1.96. The Morgan fingerprint density at radius 2 is 1.45 bits per heavy atom. The molecule has 0 aliphatic heterocycles. The van der Waals surface area contributed by atoms with Gasteiger partial charge in [0.15, 0.2) is 0 Å². The van der Waals surface area contributed by atoms with E-state index in [9.17, 15) is 19.2 Å². The third kappa shape index (κ3) is 7.09. The van der Waals surface area contributed by atoms with Crippen molar-refractivity contribution >= 4 is 40.4 Å². The Kier molecular flexibility index (Phi) is 7.87. The summed E-state index contributed by atoms with van der Waals surface area (Å²) in [6.07, 6.45) is -3.56. The first-order valence-corrected chi connectivity index (χ1v) is 9.44. The van der Waals surface area contributed by atoms with Gasteiger partial charge in [-0.05, 0) is 41.5 Å². The number of rotatable bonds is 5. The van der Waals surface area contributed by atoms with Gasteiger partial charge < -0.3 is 18.9 Å². The van der Waals surface area contributed by atoms with Crippen molar-refractivity contribution in [3.63, 3.8) is 0 Å². The number of thiazole rings is 1. The molecule has 1 aromatic rings. The highest BCUT2D eigenvalue weighted by molar-refractivity contribution is 7.14. The van der Waals surface area contributed by atoms with E-state index in [1.807, 2.05) is 0 Å². The smallest absolute Gasteiger partial charge is 0.426 e.